The van der Waals surface area contributed by atoms with Gasteiger partial charge in [0, 0.05) is 36.5 Å². The molecule has 4 rings (SSSR count). The normalized spacial score (nSPS) is 55.6. The summed E-state index contributed by atoms with van der Waals surface area (Å²) in [6.45, 7) is 3.68. The van der Waals surface area contributed by atoms with Crippen molar-refractivity contribution in [3.05, 3.63) is 0 Å². The van der Waals surface area contributed by atoms with E-state index in [1.54, 1.807) is 6.92 Å². The molecule has 6 heteroatoms. The Morgan fingerprint density at radius 3 is 2.36 bits per heavy atom. The Bertz CT molecular complexity index is 693. The van der Waals surface area contributed by atoms with E-state index in [0.717, 1.165) is 6.42 Å². The van der Waals surface area contributed by atoms with Crippen LogP contribution >= 0.6 is 23.2 Å². The van der Waals surface area contributed by atoms with E-state index >= 15 is 0 Å². The minimum atomic E-state index is -1.32. The molecule has 4 saturated carbocycles. The molecule has 0 aromatic rings. The van der Waals surface area contributed by atoms with Gasteiger partial charge in [0.2, 0.25) is 0 Å². The summed E-state index contributed by atoms with van der Waals surface area (Å²) < 4.78 is 0. The first-order valence-corrected chi connectivity index (χ1v) is 9.90. The molecular weight excluding hydrogens is 363 g/mol. The van der Waals surface area contributed by atoms with Crippen LogP contribution in [0.4, 0.5) is 0 Å². The molecule has 0 radical (unpaired) electrons. The van der Waals surface area contributed by atoms with Crippen LogP contribution < -0.4 is 0 Å². The topological polar surface area (TPSA) is 71.4 Å². The van der Waals surface area contributed by atoms with E-state index in [9.17, 15) is 19.5 Å². The van der Waals surface area contributed by atoms with E-state index in [1.807, 2.05) is 6.92 Å². The molecule has 25 heavy (non-hydrogen) atoms. The quantitative estimate of drug-likeness (QED) is 0.649. The number of ketones is 3. The van der Waals surface area contributed by atoms with Gasteiger partial charge in [-0.25, -0.2) is 0 Å². The summed E-state index contributed by atoms with van der Waals surface area (Å²) in [4.78, 5) is 35.6. The second-order valence-electron chi connectivity index (χ2n) is 9.05. The summed E-state index contributed by atoms with van der Waals surface area (Å²) in [5.41, 5.74) is -1.72. The molecule has 138 valence electrons. The van der Waals surface area contributed by atoms with Crippen molar-refractivity contribution >= 4 is 40.6 Å². The highest BCUT2D eigenvalue weighted by molar-refractivity contribution is 6.39. The van der Waals surface area contributed by atoms with E-state index < -0.39 is 26.7 Å². The second-order valence-corrected chi connectivity index (χ2v) is 10.4. The largest absolute Gasteiger partial charge is 0.392 e. The maximum atomic E-state index is 13.3. The van der Waals surface area contributed by atoms with E-state index in [-0.39, 0.29) is 48.4 Å². The Hall–Kier alpha value is -0.450. The van der Waals surface area contributed by atoms with Gasteiger partial charge in [-0.05, 0) is 31.1 Å². The molecule has 0 spiro atoms. The van der Waals surface area contributed by atoms with Crippen LogP contribution in [-0.2, 0) is 14.4 Å². The molecule has 0 aromatic carbocycles. The average Bonchev–Trinajstić information content (AvgIpc) is 2.79. The van der Waals surface area contributed by atoms with Gasteiger partial charge in [0.05, 0.1) is 11.0 Å². The molecule has 0 saturated heterocycles. The lowest BCUT2D eigenvalue weighted by atomic mass is 9.43. The van der Waals surface area contributed by atoms with Gasteiger partial charge in [0.25, 0.3) is 0 Å². The van der Waals surface area contributed by atoms with Crippen molar-refractivity contribution in [3.63, 3.8) is 0 Å². The van der Waals surface area contributed by atoms with Crippen LogP contribution in [-0.4, -0.2) is 38.3 Å². The number of hydrogen-bond donors (Lipinski definition) is 1. The maximum Gasteiger partial charge on any atom is 0.155 e. The maximum absolute atomic E-state index is 13.3. The lowest BCUT2D eigenvalue weighted by Gasteiger charge is -2.66. The highest BCUT2D eigenvalue weighted by Crippen LogP contribution is 2.70. The van der Waals surface area contributed by atoms with Gasteiger partial charge >= 0.3 is 0 Å². The number of halogens is 2. The molecule has 4 fully saturated rings. The van der Waals surface area contributed by atoms with Crippen LogP contribution in [0.2, 0.25) is 0 Å². The summed E-state index contributed by atoms with van der Waals surface area (Å²) in [5.74, 6) is -0.266. The Morgan fingerprint density at radius 2 is 1.68 bits per heavy atom. The van der Waals surface area contributed by atoms with Gasteiger partial charge in [-0.2, -0.15) is 0 Å². The lowest BCUT2D eigenvalue weighted by molar-refractivity contribution is -0.167. The van der Waals surface area contributed by atoms with E-state index in [2.05, 4.69) is 0 Å². The zero-order chi connectivity index (χ0) is 18.4. The predicted molar refractivity (Wildman–Crippen MR) is 93.7 cm³/mol. The van der Waals surface area contributed by atoms with E-state index in [0.29, 0.717) is 19.3 Å². The zero-order valence-corrected chi connectivity index (χ0v) is 16.1. The number of carbonyl (C=O) groups is 3. The molecule has 0 aliphatic heterocycles. The van der Waals surface area contributed by atoms with Gasteiger partial charge in [-0.1, -0.05) is 13.8 Å². The van der Waals surface area contributed by atoms with E-state index in [4.69, 9.17) is 23.2 Å². The van der Waals surface area contributed by atoms with Crippen molar-refractivity contribution in [3.8, 4) is 0 Å². The van der Waals surface area contributed by atoms with Crippen molar-refractivity contribution in [1.82, 2.24) is 0 Å². The molecule has 7 atom stereocenters. The zero-order valence-electron chi connectivity index (χ0n) is 14.6. The van der Waals surface area contributed by atoms with Crippen LogP contribution in [0, 0.1) is 22.7 Å². The Kier molecular flexibility index (Phi) is 3.65. The first-order chi connectivity index (χ1) is 11.5. The van der Waals surface area contributed by atoms with Crippen LogP contribution in [0.1, 0.15) is 58.8 Å². The number of fused-ring (bicyclic) bond motifs is 5. The van der Waals surface area contributed by atoms with Gasteiger partial charge < -0.3 is 5.11 Å². The molecule has 4 nitrogen and oxygen atoms in total. The van der Waals surface area contributed by atoms with Crippen LogP contribution in [0.25, 0.3) is 0 Å². The van der Waals surface area contributed by atoms with Crippen molar-refractivity contribution in [2.75, 3.05) is 0 Å². The first-order valence-electron chi connectivity index (χ1n) is 9.15. The standard InChI is InChI=1S/C19H24Cl2O4/c1-16-9-15(25)19(21)12(11(16)3-4-13(16)23)5-6-18(20)8-10(22)7-14(24)17(18,19)2/h11-12,14,24H,3-9H2,1-2H3/t11-,12-,14?,16-,17-,18?,19-/m0/s1. The van der Waals surface area contributed by atoms with Crippen LogP contribution in [0.3, 0.4) is 0 Å². The summed E-state index contributed by atoms with van der Waals surface area (Å²) in [7, 11) is 0. The molecule has 2 unspecified atom stereocenters. The summed E-state index contributed by atoms with van der Waals surface area (Å²) in [5, 5.41) is 10.9. The number of rotatable bonds is 0. The third-order valence-corrected chi connectivity index (χ3v) is 9.77. The third-order valence-electron chi connectivity index (χ3n) is 8.17. The van der Waals surface area contributed by atoms with Gasteiger partial charge in [-0.3, -0.25) is 14.4 Å². The molecule has 4 aliphatic carbocycles. The molecule has 1 N–H and O–H groups in total. The number of Topliss-reactive ketones (excluding diaryl/α,β-unsaturated/α-hetero) is 3. The second kappa shape index (κ2) is 5.08. The van der Waals surface area contributed by atoms with Crippen molar-refractivity contribution in [1.29, 1.82) is 0 Å². The predicted octanol–water partition coefficient (Wildman–Crippen LogP) is 3.04. The lowest BCUT2D eigenvalue weighted by Crippen LogP contribution is -2.75. The highest BCUT2D eigenvalue weighted by atomic mass is 35.5. The van der Waals surface area contributed by atoms with Crippen molar-refractivity contribution < 1.29 is 19.5 Å². The fourth-order valence-electron chi connectivity index (χ4n) is 6.58. The average molecular weight is 387 g/mol. The molecule has 0 bridgehead atoms. The number of aliphatic hydroxyl groups is 1. The van der Waals surface area contributed by atoms with Gasteiger partial charge in [0.15, 0.2) is 5.78 Å². The fraction of sp³-hybridized carbons (Fsp3) is 0.842. The third kappa shape index (κ3) is 1.87. The molecule has 0 amide bonds. The monoisotopic (exact) mass is 386 g/mol. The number of aliphatic hydroxyl groups excluding tert-OH is 1. The highest BCUT2D eigenvalue weighted by Gasteiger charge is 2.76. The molecule has 4 aliphatic rings. The van der Waals surface area contributed by atoms with Gasteiger partial charge in [0.1, 0.15) is 16.4 Å². The Balaban J connectivity index is 1.87. The summed E-state index contributed by atoms with van der Waals surface area (Å²) in [6, 6.07) is 0. The number of alkyl halides is 2. The summed E-state index contributed by atoms with van der Waals surface area (Å²) >= 11 is 14.0. The minimum absolute atomic E-state index is 0.0136. The molecular formula is C19H24Cl2O4. The SMILES string of the molecule is C[C@]12C(O)CC(=O)CC1(Cl)CC[C@H]1[C@@H]3CCC(=O)[C@@]3(C)CC(=O)[C@@]12Cl. The van der Waals surface area contributed by atoms with Crippen LogP contribution in [0.5, 0.6) is 0 Å². The molecule has 0 aromatic heterocycles. The smallest absolute Gasteiger partial charge is 0.155 e. The fourth-order valence-corrected chi connectivity index (χ4v) is 7.80. The molecule has 0 heterocycles. The van der Waals surface area contributed by atoms with Crippen molar-refractivity contribution in [2.24, 2.45) is 22.7 Å². The number of hydrogen-bond acceptors (Lipinski definition) is 4. The van der Waals surface area contributed by atoms with Crippen LogP contribution in [0.15, 0.2) is 0 Å². The van der Waals surface area contributed by atoms with Crippen molar-refractivity contribution in [2.45, 2.75) is 74.6 Å². The summed E-state index contributed by atoms with van der Waals surface area (Å²) in [6.07, 6.45) is 1.56. The minimum Gasteiger partial charge on any atom is -0.392 e. The Labute approximate surface area is 157 Å². The number of carbonyl (C=O) groups excluding carboxylic acids is 3. The first kappa shape index (κ1) is 17.9. The van der Waals surface area contributed by atoms with E-state index in [1.165, 1.54) is 0 Å². The van der Waals surface area contributed by atoms with Gasteiger partial charge in [-0.15, -0.1) is 23.2 Å². The Morgan fingerprint density at radius 1 is 1.00 bits per heavy atom.